The number of para-hydroxylation sites is 3. The zero-order valence-corrected chi connectivity index (χ0v) is 22.6. The molecule has 1 N–H and O–H groups in total. The molecular weight excluding hydrogens is 522 g/mol. The van der Waals surface area contributed by atoms with Crippen LogP contribution in [0.15, 0.2) is 156 Å². The van der Waals surface area contributed by atoms with E-state index in [0.29, 0.717) is 23.0 Å². The predicted molar refractivity (Wildman–Crippen MR) is 168 cm³/mol. The molecule has 1 aromatic heterocycles. The molecule has 1 saturated heterocycles. The van der Waals surface area contributed by atoms with E-state index in [9.17, 15) is 9.90 Å². The summed E-state index contributed by atoms with van der Waals surface area (Å²) in [7, 11) is 0. The first-order valence-corrected chi connectivity index (χ1v) is 13.8. The predicted octanol–water partition coefficient (Wildman–Crippen LogP) is 8.07. The fourth-order valence-electron chi connectivity index (χ4n) is 5.41. The van der Waals surface area contributed by atoms with Crippen molar-refractivity contribution in [3.05, 3.63) is 157 Å². The highest BCUT2D eigenvalue weighted by Gasteiger charge is 2.42. The van der Waals surface area contributed by atoms with Gasteiger partial charge in [-0.25, -0.2) is 10.0 Å². The third kappa shape index (κ3) is 4.50. The van der Waals surface area contributed by atoms with Crippen molar-refractivity contribution in [2.75, 3.05) is 14.9 Å². The van der Waals surface area contributed by atoms with Crippen molar-refractivity contribution >= 4 is 51.4 Å². The quantitative estimate of drug-likeness (QED) is 0.213. The molecule has 42 heavy (non-hydrogen) atoms. The number of fused-ring (bicyclic) bond motifs is 1. The molecule has 1 atom stereocenters. The van der Waals surface area contributed by atoms with Crippen LogP contribution in [-0.2, 0) is 4.79 Å². The molecule has 0 aliphatic carbocycles. The molecule has 2 heterocycles. The van der Waals surface area contributed by atoms with E-state index in [2.05, 4.69) is 29.2 Å². The lowest BCUT2D eigenvalue weighted by Crippen LogP contribution is -2.43. The van der Waals surface area contributed by atoms with E-state index in [1.54, 1.807) is 11.1 Å². The van der Waals surface area contributed by atoms with Crippen LogP contribution in [0, 0.1) is 0 Å². The van der Waals surface area contributed by atoms with Crippen LogP contribution in [0.1, 0.15) is 5.76 Å². The molecule has 6 nitrogen and oxygen atoms in total. The van der Waals surface area contributed by atoms with E-state index < -0.39 is 6.23 Å². The molecule has 5 aromatic carbocycles. The molecule has 0 saturated carbocycles. The van der Waals surface area contributed by atoms with Crippen molar-refractivity contribution < 1.29 is 14.3 Å². The second-order valence-electron chi connectivity index (χ2n) is 9.95. The van der Waals surface area contributed by atoms with Gasteiger partial charge in [0, 0.05) is 17.1 Å². The fraction of sp³-hybridized carbons (Fsp3) is 0.0278. The smallest absolute Gasteiger partial charge is 0.277 e. The summed E-state index contributed by atoms with van der Waals surface area (Å²) in [6, 6.07) is 46.8. The first kappa shape index (κ1) is 25.4. The van der Waals surface area contributed by atoms with E-state index in [4.69, 9.17) is 4.42 Å². The number of hydrogen-bond acceptors (Lipinski definition) is 5. The Bertz CT molecular complexity index is 1880. The average Bonchev–Trinajstić information content (AvgIpc) is 3.61. The van der Waals surface area contributed by atoms with Gasteiger partial charge in [-0.05, 0) is 60.0 Å². The molecule has 7 rings (SSSR count). The number of amides is 1. The largest absolute Gasteiger partial charge is 0.440 e. The Kier molecular flexibility index (Phi) is 6.51. The number of furan rings is 1. The Labute approximate surface area is 243 Å². The highest BCUT2D eigenvalue weighted by Crippen LogP contribution is 2.40. The Morgan fingerprint density at radius 2 is 1.29 bits per heavy atom. The molecule has 1 fully saturated rings. The lowest BCUT2D eigenvalue weighted by Gasteiger charge is -2.31. The van der Waals surface area contributed by atoms with Gasteiger partial charge in [-0.2, -0.15) is 0 Å². The summed E-state index contributed by atoms with van der Waals surface area (Å²) in [6.07, 6.45) is 0.415. The van der Waals surface area contributed by atoms with Crippen molar-refractivity contribution in [1.82, 2.24) is 0 Å². The molecule has 1 aliphatic heterocycles. The van der Waals surface area contributed by atoms with Crippen LogP contribution in [0.5, 0.6) is 0 Å². The minimum atomic E-state index is -1.21. The average molecular weight is 550 g/mol. The lowest BCUT2D eigenvalue weighted by atomic mass is 10.1. The molecule has 204 valence electrons. The van der Waals surface area contributed by atoms with Crippen LogP contribution in [-0.4, -0.2) is 17.2 Å². The monoisotopic (exact) mass is 549 g/mol. The Hall–Kier alpha value is -5.59. The minimum absolute atomic E-state index is 0.208. The summed E-state index contributed by atoms with van der Waals surface area (Å²) < 4.78 is 6.39. The van der Waals surface area contributed by atoms with Gasteiger partial charge in [0.05, 0.1) is 22.6 Å². The van der Waals surface area contributed by atoms with Crippen LogP contribution in [0.2, 0.25) is 0 Å². The number of hydrazine groups is 1. The van der Waals surface area contributed by atoms with Crippen molar-refractivity contribution in [3.8, 4) is 0 Å². The number of aliphatic hydroxyl groups excluding tert-OH is 1. The van der Waals surface area contributed by atoms with Gasteiger partial charge >= 0.3 is 0 Å². The zero-order valence-electron chi connectivity index (χ0n) is 22.6. The number of anilines is 5. The third-order valence-electron chi connectivity index (χ3n) is 7.34. The molecular formula is C36H27N3O3. The molecule has 1 aliphatic rings. The van der Waals surface area contributed by atoms with Gasteiger partial charge < -0.3 is 9.52 Å². The summed E-state index contributed by atoms with van der Waals surface area (Å²) in [5.41, 5.74) is 3.46. The van der Waals surface area contributed by atoms with E-state index in [1.165, 1.54) is 5.01 Å². The van der Waals surface area contributed by atoms with Gasteiger partial charge in [0.15, 0.2) is 6.23 Å². The molecule has 6 heteroatoms. The van der Waals surface area contributed by atoms with Crippen LogP contribution >= 0.6 is 0 Å². The Morgan fingerprint density at radius 1 is 0.667 bits per heavy atom. The summed E-state index contributed by atoms with van der Waals surface area (Å²) in [5, 5.41) is 16.8. The molecule has 0 radical (unpaired) electrons. The number of carbonyl (C=O) groups excluding carboxylic acids is 1. The number of rotatable bonds is 6. The maximum absolute atomic E-state index is 13.8. The lowest BCUT2D eigenvalue weighted by molar-refractivity contribution is -0.114. The van der Waals surface area contributed by atoms with Crippen LogP contribution in [0.3, 0.4) is 0 Å². The number of benzene rings is 5. The van der Waals surface area contributed by atoms with Crippen molar-refractivity contribution in [1.29, 1.82) is 0 Å². The Balaban J connectivity index is 1.31. The molecule has 0 bridgehead atoms. The molecule has 1 amide bonds. The second kappa shape index (κ2) is 10.8. The summed E-state index contributed by atoms with van der Waals surface area (Å²) >= 11 is 0. The number of aliphatic hydroxyl groups is 1. The highest BCUT2D eigenvalue weighted by atomic mass is 16.4. The third-order valence-corrected chi connectivity index (χ3v) is 7.34. The summed E-state index contributed by atoms with van der Waals surface area (Å²) in [5.74, 6) is 0.713. The summed E-state index contributed by atoms with van der Waals surface area (Å²) in [6.45, 7) is 0. The van der Waals surface area contributed by atoms with Gasteiger partial charge in [0.2, 0.25) is 5.88 Å². The second-order valence-corrected chi connectivity index (χ2v) is 9.95. The highest BCUT2D eigenvalue weighted by molar-refractivity contribution is 6.14. The maximum atomic E-state index is 13.8. The number of nitrogens with zero attached hydrogens (tertiary/aromatic N) is 3. The topological polar surface area (TPSA) is 60.2 Å². The molecule has 6 aromatic rings. The van der Waals surface area contributed by atoms with Crippen LogP contribution < -0.4 is 14.9 Å². The fourth-order valence-corrected chi connectivity index (χ4v) is 5.41. The number of hydrogen-bond donors (Lipinski definition) is 1. The van der Waals surface area contributed by atoms with Gasteiger partial charge in [0.1, 0.15) is 5.76 Å². The summed E-state index contributed by atoms with van der Waals surface area (Å²) in [4.78, 5) is 15.9. The standard InChI is InChI=1S/C36H27N3O3/c40-35-32(36(41)39(29-19-8-3-9-20-29)38(35)28-17-6-2-7-18-28)25-30-23-24-34(42-30)37(27-15-4-1-5-16-27)33-22-12-14-26-13-10-11-21-31(26)33/h1-25,35,40H/b32-25-. The maximum Gasteiger partial charge on any atom is 0.277 e. The van der Waals surface area contributed by atoms with Gasteiger partial charge in [0.25, 0.3) is 5.91 Å². The van der Waals surface area contributed by atoms with E-state index in [-0.39, 0.29) is 11.5 Å². The van der Waals surface area contributed by atoms with E-state index in [0.717, 1.165) is 22.1 Å². The van der Waals surface area contributed by atoms with E-state index >= 15 is 0 Å². The van der Waals surface area contributed by atoms with Crippen molar-refractivity contribution in [3.63, 3.8) is 0 Å². The van der Waals surface area contributed by atoms with Gasteiger partial charge in [-0.3, -0.25) is 9.69 Å². The first-order valence-electron chi connectivity index (χ1n) is 13.8. The molecule has 0 spiro atoms. The first-order chi connectivity index (χ1) is 20.7. The van der Waals surface area contributed by atoms with Crippen molar-refractivity contribution in [2.45, 2.75) is 6.23 Å². The minimum Gasteiger partial charge on any atom is -0.440 e. The zero-order chi connectivity index (χ0) is 28.5. The van der Waals surface area contributed by atoms with Gasteiger partial charge in [-0.15, -0.1) is 0 Å². The molecule has 1 unspecified atom stereocenters. The Morgan fingerprint density at radius 3 is 2.02 bits per heavy atom. The van der Waals surface area contributed by atoms with Crippen LogP contribution in [0.25, 0.3) is 16.8 Å². The van der Waals surface area contributed by atoms with Crippen LogP contribution in [0.4, 0.5) is 28.6 Å². The van der Waals surface area contributed by atoms with Crippen molar-refractivity contribution in [2.24, 2.45) is 0 Å². The van der Waals surface area contributed by atoms with Gasteiger partial charge in [-0.1, -0.05) is 91.0 Å². The number of carbonyl (C=O) groups is 1. The van der Waals surface area contributed by atoms with E-state index in [1.807, 2.05) is 121 Å². The SMILES string of the molecule is O=C1/C(=C\c2ccc(N(c3ccccc3)c3cccc4ccccc34)o2)C(O)N(c2ccccc2)N1c1ccccc1. The normalized spacial score (nSPS) is 16.0.